The van der Waals surface area contributed by atoms with Crippen molar-refractivity contribution in [3.63, 3.8) is 0 Å². The van der Waals surface area contributed by atoms with Gasteiger partial charge in [-0.25, -0.2) is 4.98 Å². The lowest BCUT2D eigenvalue weighted by Gasteiger charge is -2.65. The molecule has 5 rings (SSSR count). The first kappa shape index (κ1) is 13.6. The van der Waals surface area contributed by atoms with Gasteiger partial charge in [-0.3, -0.25) is 4.79 Å². The van der Waals surface area contributed by atoms with Gasteiger partial charge in [0.05, 0.1) is 6.33 Å². The first-order valence-electron chi connectivity index (χ1n) is 7.82. The highest BCUT2D eigenvalue weighted by Gasteiger charge is 2.60. The van der Waals surface area contributed by atoms with Crippen molar-refractivity contribution in [3.05, 3.63) is 21.7 Å². The van der Waals surface area contributed by atoms with Crippen molar-refractivity contribution in [1.29, 1.82) is 0 Å². The second-order valence-electron chi connectivity index (χ2n) is 8.43. The van der Waals surface area contributed by atoms with Crippen LogP contribution in [0.4, 0.5) is 5.82 Å². The zero-order valence-corrected chi connectivity index (χ0v) is 13.4. The van der Waals surface area contributed by atoms with Crippen LogP contribution in [-0.2, 0) is 0 Å². The van der Waals surface area contributed by atoms with E-state index in [4.69, 9.17) is 11.6 Å². The molecule has 2 atom stereocenters. The molecule has 0 spiro atoms. The third-order valence-corrected chi connectivity index (χ3v) is 6.16. The van der Waals surface area contributed by atoms with E-state index in [0.29, 0.717) is 16.6 Å². The Labute approximate surface area is 129 Å². The van der Waals surface area contributed by atoms with Crippen LogP contribution in [0, 0.1) is 16.7 Å². The summed E-state index contributed by atoms with van der Waals surface area (Å²) in [4.78, 5) is 18.5. The van der Waals surface area contributed by atoms with Gasteiger partial charge in [0.25, 0.3) is 5.56 Å². The molecule has 0 saturated heterocycles. The molecule has 114 valence electrons. The lowest BCUT2D eigenvalue weighted by molar-refractivity contribution is -0.0973. The highest BCUT2D eigenvalue weighted by atomic mass is 35.5. The molecule has 0 amide bonds. The van der Waals surface area contributed by atoms with E-state index in [1.807, 2.05) is 0 Å². The molecule has 0 aliphatic heterocycles. The van der Waals surface area contributed by atoms with E-state index in [-0.39, 0.29) is 16.1 Å². The number of nitrogens with zero attached hydrogens (tertiary/aromatic N) is 1. The lowest BCUT2D eigenvalue weighted by atomic mass is 9.43. The van der Waals surface area contributed by atoms with Crippen molar-refractivity contribution in [2.45, 2.75) is 57.9 Å². The Hall–Kier alpha value is -1.03. The van der Waals surface area contributed by atoms with Crippen LogP contribution in [0.25, 0.3) is 0 Å². The maximum absolute atomic E-state index is 11.7. The third kappa shape index (κ3) is 2.10. The molecule has 1 aromatic rings. The Morgan fingerprint density at radius 3 is 2.52 bits per heavy atom. The van der Waals surface area contributed by atoms with Crippen molar-refractivity contribution < 1.29 is 0 Å². The van der Waals surface area contributed by atoms with Crippen LogP contribution in [0.5, 0.6) is 0 Å². The van der Waals surface area contributed by atoms with Gasteiger partial charge in [0.2, 0.25) is 0 Å². The minimum Gasteiger partial charge on any atom is -0.363 e. The molecule has 2 unspecified atom stereocenters. The van der Waals surface area contributed by atoms with Gasteiger partial charge in [0, 0.05) is 5.54 Å². The van der Waals surface area contributed by atoms with Crippen LogP contribution in [-0.4, -0.2) is 15.5 Å². The van der Waals surface area contributed by atoms with Gasteiger partial charge in [0.15, 0.2) is 5.82 Å². The number of hydrogen-bond donors (Lipinski definition) is 2. The molecule has 1 aromatic heterocycles. The minimum absolute atomic E-state index is 0.0628. The van der Waals surface area contributed by atoms with Crippen LogP contribution in [0.2, 0.25) is 5.02 Å². The number of nitrogens with one attached hydrogen (secondary N) is 2. The standard InChI is InChI=1S/C16H22ClN3O/c1-14-3-10-4-15(2,6-14)8-16(5-10,7-14)20-12-11(17)13(21)19-9-18-12/h9-10H,3-8H2,1-2H3,(H2,18,19,20,21). The van der Waals surface area contributed by atoms with Crippen LogP contribution in [0.15, 0.2) is 11.1 Å². The molecule has 2 N–H and O–H groups in total. The molecule has 4 fully saturated rings. The van der Waals surface area contributed by atoms with Crippen molar-refractivity contribution in [2.24, 2.45) is 16.7 Å². The number of rotatable bonds is 2. The van der Waals surface area contributed by atoms with Crippen LogP contribution in [0.3, 0.4) is 0 Å². The Morgan fingerprint density at radius 1 is 1.24 bits per heavy atom. The van der Waals surface area contributed by atoms with Gasteiger partial charge in [0.1, 0.15) is 5.02 Å². The molecule has 4 aliphatic rings. The second kappa shape index (κ2) is 4.03. The molecule has 0 aromatic carbocycles. The van der Waals surface area contributed by atoms with Gasteiger partial charge < -0.3 is 10.3 Å². The first-order chi connectivity index (χ1) is 9.81. The van der Waals surface area contributed by atoms with Crippen molar-refractivity contribution in [1.82, 2.24) is 9.97 Å². The molecular weight excluding hydrogens is 286 g/mol. The van der Waals surface area contributed by atoms with Crippen molar-refractivity contribution in [2.75, 3.05) is 5.32 Å². The minimum atomic E-state index is -0.267. The molecule has 4 aliphatic carbocycles. The Bertz CT molecular complexity index is 637. The number of anilines is 1. The van der Waals surface area contributed by atoms with Gasteiger partial charge in [-0.15, -0.1) is 0 Å². The van der Waals surface area contributed by atoms with Gasteiger partial charge in [-0.05, 0) is 55.3 Å². The SMILES string of the molecule is CC12CC3CC(C)(C1)CC(Nc1nc[nH]c(=O)c1Cl)(C3)C2. The fourth-order valence-electron chi connectivity index (χ4n) is 6.31. The fourth-order valence-corrected chi connectivity index (χ4v) is 6.46. The molecule has 4 nitrogen and oxygen atoms in total. The lowest BCUT2D eigenvalue weighted by Crippen LogP contribution is -2.61. The summed E-state index contributed by atoms with van der Waals surface area (Å²) in [5, 5.41) is 3.77. The van der Waals surface area contributed by atoms with Crippen LogP contribution >= 0.6 is 11.6 Å². The second-order valence-corrected chi connectivity index (χ2v) is 8.81. The van der Waals surface area contributed by atoms with Gasteiger partial charge in [-0.2, -0.15) is 0 Å². The highest BCUT2D eigenvalue weighted by Crippen LogP contribution is 2.66. The van der Waals surface area contributed by atoms with Crippen molar-refractivity contribution >= 4 is 17.4 Å². The molecule has 21 heavy (non-hydrogen) atoms. The monoisotopic (exact) mass is 307 g/mol. The number of halogens is 1. The van der Waals surface area contributed by atoms with Crippen molar-refractivity contribution in [3.8, 4) is 0 Å². The zero-order chi connectivity index (χ0) is 14.9. The molecule has 0 radical (unpaired) electrons. The topological polar surface area (TPSA) is 57.8 Å². The number of H-pyrrole nitrogens is 1. The molecule has 1 heterocycles. The predicted octanol–water partition coefficient (Wildman–Crippen LogP) is 3.58. The maximum Gasteiger partial charge on any atom is 0.271 e. The normalized spacial score (nSPS) is 44.0. The third-order valence-electron chi connectivity index (χ3n) is 5.81. The maximum atomic E-state index is 11.7. The quantitative estimate of drug-likeness (QED) is 0.878. The summed E-state index contributed by atoms with van der Waals surface area (Å²) in [5.41, 5.74) is 0.646. The predicted molar refractivity (Wildman–Crippen MR) is 83.6 cm³/mol. The van der Waals surface area contributed by atoms with E-state index < -0.39 is 0 Å². The molecule has 4 saturated carbocycles. The summed E-state index contributed by atoms with van der Waals surface area (Å²) in [7, 11) is 0. The van der Waals surface area contributed by atoms with Crippen LogP contribution in [0.1, 0.15) is 52.4 Å². The van der Waals surface area contributed by atoms with Gasteiger partial charge >= 0.3 is 0 Å². The summed E-state index contributed by atoms with van der Waals surface area (Å²) < 4.78 is 0. The number of hydrogen-bond acceptors (Lipinski definition) is 3. The summed E-state index contributed by atoms with van der Waals surface area (Å²) >= 11 is 6.13. The number of aromatic nitrogens is 2. The summed E-state index contributed by atoms with van der Waals surface area (Å²) in [6.07, 6.45) is 8.97. The Morgan fingerprint density at radius 2 is 1.90 bits per heavy atom. The molecule has 5 heteroatoms. The van der Waals surface area contributed by atoms with E-state index in [1.165, 1.54) is 32.0 Å². The van der Waals surface area contributed by atoms with E-state index in [9.17, 15) is 4.79 Å². The first-order valence-corrected chi connectivity index (χ1v) is 8.20. The Balaban J connectivity index is 1.71. The average Bonchev–Trinajstić information content (AvgIpc) is 2.30. The van der Waals surface area contributed by atoms with E-state index in [1.54, 1.807) is 0 Å². The van der Waals surface area contributed by atoms with Gasteiger partial charge in [-0.1, -0.05) is 25.4 Å². The largest absolute Gasteiger partial charge is 0.363 e. The summed E-state index contributed by atoms with van der Waals surface area (Å²) in [6.45, 7) is 4.86. The van der Waals surface area contributed by atoms with Crippen LogP contribution < -0.4 is 10.9 Å². The zero-order valence-electron chi connectivity index (χ0n) is 12.6. The molecular formula is C16H22ClN3O. The van der Waals surface area contributed by atoms with E-state index in [0.717, 1.165) is 18.8 Å². The fraction of sp³-hybridized carbons (Fsp3) is 0.750. The highest BCUT2D eigenvalue weighted by molar-refractivity contribution is 6.32. The van der Waals surface area contributed by atoms with E-state index in [2.05, 4.69) is 29.1 Å². The Kier molecular flexibility index (Phi) is 2.62. The molecule has 4 bridgehead atoms. The average molecular weight is 308 g/mol. The van der Waals surface area contributed by atoms with E-state index >= 15 is 0 Å². The number of aromatic amines is 1. The summed E-state index contributed by atoms with van der Waals surface area (Å²) in [6, 6.07) is 0. The smallest absolute Gasteiger partial charge is 0.271 e. The summed E-state index contributed by atoms with van der Waals surface area (Å²) in [5.74, 6) is 1.35.